The summed E-state index contributed by atoms with van der Waals surface area (Å²) >= 11 is 0. The molecule has 1 aliphatic heterocycles. The fraction of sp³-hybridized carbons (Fsp3) is 0.556. The average Bonchev–Trinajstić information content (AvgIpc) is 2.33. The molecule has 0 atom stereocenters. The molecule has 0 amide bonds. The van der Waals surface area contributed by atoms with Gasteiger partial charge in [-0.15, -0.1) is 16.8 Å². The quantitative estimate of drug-likeness (QED) is 0.684. The second-order valence-corrected chi connectivity index (χ2v) is 3.36. The largest absolute Gasteiger partial charge is 0.315 e. The maximum Gasteiger partial charge on any atom is 0.138 e. The second-order valence-electron chi connectivity index (χ2n) is 3.36. The van der Waals surface area contributed by atoms with Gasteiger partial charge in [-0.25, -0.2) is 0 Å². The van der Waals surface area contributed by atoms with Gasteiger partial charge in [0.1, 0.15) is 11.6 Å². The van der Waals surface area contributed by atoms with Gasteiger partial charge >= 0.3 is 0 Å². The van der Waals surface area contributed by atoms with Gasteiger partial charge in [0.2, 0.25) is 0 Å². The first-order valence-corrected chi connectivity index (χ1v) is 4.54. The van der Waals surface area contributed by atoms with E-state index in [2.05, 4.69) is 26.7 Å². The van der Waals surface area contributed by atoms with Gasteiger partial charge in [-0.05, 0) is 6.92 Å². The summed E-state index contributed by atoms with van der Waals surface area (Å²) in [6.07, 6.45) is 1.88. The Bertz CT molecular complexity index is 311. The van der Waals surface area contributed by atoms with Crippen LogP contribution in [-0.2, 0) is 6.54 Å². The molecule has 0 aromatic carbocycles. The lowest BCUT2D eigenvalue weighted by Crippen LogP contribution is -2.41. The third kappa shape index (κ3) is 1.37. The third-order valence-electron chi connectivity index (χ3n) is 2.42. The van der Waals surface area contributed by atoms with Gasteiger partial charge < -0.3 is 9.88 Å². The van der Waals surface area contributed by atoms with Crippen molar-refractivity contribution >= 4 is 0 Å². The van der Waals surface area contributed by atoms with E-state index in [4.69, 9.17) is 0 Å². The lowest BCUT2D eigenvalue weighted by atomic mass is 10.0. The maximum atomic E-state index is 4.18. The van der Waals surface area contributed by atoms with Crippen LogP contribution < -0.4 is 5.32 Å². The van der Waals surface area contributed by atoms with E-state index in [0.717, 1.165) is 31.3 Å². The van der Waals surface area contributed by atoms with Crippen LogP contribution in [0.5, 0.6) is 0 Å². The predicted molar refractivity (Wildman–Crippen MR) is 50.6 cm³/mol. The maximum absolute atomic E-state index is 4.18. The van der Waals surface area contributed by atoms with E-state index < -0.39 is 0 Å². The minimum Gasteiger partial charge on any atom is -0.315 e. The van der Waals surface area contributed by atoms with Crippen LogP contribution >= 0.6 is 0 Å². The van der Waals surface area contributed by atoms with Crippen molar-refractivity contribution in [3.63, 3.8) is 0 Å². The van der Waals surface area contributed by atoms with Crippen molar-refractivity contribution in [1.29, 1.82) is 0 Å². The number of nitrogens with one attached hydrogen (secondary N) is 1. The number of aryl methyl sites for hydroxylation is 1. The van der Waals surface area contributed by atoms with Crippen LogP contribution in [0.4, 0.5) is 0 Å². The van der Waals surface area contributed by atoms with Crippen molar-refractivity contribution < 1.29 is 0 Å². The molecule has 0 unspecified atom stereocenters. The smallest absolute Gasteiger partial charge is 0.138 e. The molecule has 4 heteroatoms. The SMILES string of the molecule is C=CCn1c(C)nnc1C1CNC1. The Morgan fingerprint density at radius 2 is 2.38 bits per heavy atom. The van der Waals surface area contributed by atoms with Crippen LogP contribution in [0.2, 0.25) is 0 Å². The number of hydrogen-bond donors (Lipinski definition) is 1. The van der Waals surface area contributed by atoms with Crippen molar-refractivity contribution in [2.45, 2.75) is 19.4 Å². The zero-order valence-electron chi connectivity index (χ0n) is 7.82. The summed E-state index contributed by atoms with van der Waals surface area (Å²) in [7, 11) is 0. The van der Waals surface area contributed by atoms with Gasteiger partial charge in [0.15, 0.2) is 0 Å². The molecule has 1 fully saturated rings. The Kier molecular flexibility index (Phi) is 2.14. The Morgan fingerprint density at radius 3 is 2.92 bits per heavy atom. The van der Waals surface area contributed by atoms with Crippen LogP contribution in [0.3, 0.4) is 0 Å². The molecule has 2 rings (SSSR count). The van der Waals surface area contributed by atoms with Crippen molar-refractivity contribution in [2.75, 3.05) is 13.1 Å². The highest BCUT2D eigenvalue weighted by atomic mass is 15.3. The Balaban J connectivity index is 2.27. The summed E-state index contributed by atoms with van der Waals surface area (Å²) in [5.41, 5.74) is 0. The van der Waals surface area contributed by atoms with Gasteiger partial charge in [0.25, 0.3) is 0 Å². The minimum atomic E-state index is 0.543. The first-order valence-electron chi connectivity index (χ1n) is 4.54. The van der Waals surface area contributed by atoms with Crippen LogP contribution in [0.25, 0.3) is 0 Å². The normalized spacial score (nSPS) is 17.0. The summed E-state index contributed by atoms with van der Waals surface area (Å²) in [6.45, 7) is 8.56. The summed E-state index contributed by atoms with van der Waals surface area (Å²) in [6, 6.07) is 0. The summed E-state index contributed by atoms with van der Waals surface area (Å²) in [4.78, 5) is 0. The van der Waals surface area contributed by atoms with Crippen molar-refractivity contribution in [3.8, 4) is 0 Å². The number of allylic oxidation sites excluding steroid dienone is 1. The van der Waals surface area contributed by atoms with E-state index in [1.807, 2.05) is 13.0 Å². The zero-order valence-corrected chi connectivity index (χ0v) is 7.82. The molecule has 0 radical (unpaired) electrons. The minimum absolute atomic E-state index is 0.543. The van der Waals surface area contributed by atoms with Gasteiger partial charge in [-0.2, -0.15) is 0 Å². The highest BCUT2D eigenvalue weighted by Gasteiger charge is 2.24. The monoisotopic (exact) mass is 178 g/mol. The van der Waals surface area contributed by atoms with Gasteiger partial charge in [-0.1, -0.05) is 6.08 Å². The number of rotatable bonds is 3. The summed E-state index contributed by atoms with van der Waals surface area (Å²) in [5.74, 6) is 2.61. The standard InChI is InChI=1S/C9H14N4/c1-3-4-13-7(2)11-12-9(13)8-5-10-6-8/h3,8,10H,1,4-6H2,2H3. The van der Waals surface area contributed by atoms with Crippen molar-refractivity contribution in [2.24, 2.45) is 0 Å². The van der Waals surface area contributed by atoms with E-state index in [1.54, 1.807) is 0 Å². The Labute approximate surface area is 77.7 Å². The molecule has 1 saturated heterocycles. The summed E-state index contributed by atoms with van der Waals surface area (Å²) < 4.78 is 2.12. The number of hydrogen-bond acceptors (Lipinski definition) is 3. The number of aromatic nitrogens is 3. The molecule has 0 bridgehead atoms. The molecular weight excluding hydrogens is 164 g/mol. The molecule has 4 nitrogen and oxygen atoms in total. The van der Waals surface area contributed by atoms with E-state index in [0.29, 0.717) is 5.92 Å². The molecule has 0 spiro atoms. The van der Waals surface area contributed by atoms with Crippen molar-refractivity contribution in [1.82, 2.24) is 20.1 Å². The molecule has 2 heterocycles. The molecule has 1 aromatic rings. The van der Waals surface area contributed by atoms with Crippen molar-refractivity contribution in [3.05, 3.63) is 24.3 Å². The van der Waals surface area contributed by atoms with Gasteiger partial charge in [0, 0.05) is 25.6 Å². The van der Waals surface area contributed by atoms with E-state index in [9.17, 15) is 0 Å². The lowest BCUT2D eigenvalue weighted by molar-refractivity contribution is 0.416. The molecule has 0 saturated carbocycles. The Morgan fingerprint density at radius 1 is 1.62 bits per heavy atom. The third-order valence-corrected chi connectivity index (χ3v) is 2.42. The van der Waals surface area contributed by atoms with Crippen LogP contribution in [0.15, 0.2) is 12.7 Å². The topological polar surface area (TPSA) is 42.7 Å². The van der Waals surface area contributed by atoms with Crippen LogP contribution in [0.1, 0.15) is 17.6 Å². The lowest BCUT2D eigenvalue weighted by Gasteiger charge is -2.26. The highest BCUT2D eigenvalue weighted by molar-refractivity contribution is 5.07. The second kappa shape index (κ2) is 3.30. The fourth-order valence-corrected chi connectivity index (χ4v) is 1.53. The molecular formula is C9H14N4. The first kappa shape index (κ1) is 8.44. The van der Waals surface area contributed by atoms with E-state index in [-0.39, 0.29) is 0 Å². The van der Waals surface area contributed by atoms with Gasteiger partial charge in [0.05, 0.1) is 0 Å². The van der Waals surface area contributed by atoms with E-state index in [1.165, 1.54) is 0 Å². The molecule has 1 aliphatic rings. The number of nitrogens with zero attached hydrogens (tertiary/aromatic N) is 3. The molecule has 1 N–H and O–H groups in total. The average molecular weight is 178 g/mol. The molecule has 1 aromatic heterocycles. The summed E-state index contributed by atoms with van der Waals surface area (Å²) in [5, 5.41) is 11.5. The molecule has 0 aliphatic carbocycles. The van der Waals surface area contributed by atoms with E-state index >= 15 is 0 Å². The van der Waals surface area contributed by atoms with Gasteiger partial charge in [-0.3, -0.25) is 0 Å². The molecule has 70 valence electrons. The first-order chi connectivity index (χ1) is 6.33. The zero-order chi connectivity index (χ0) is 9.26. The fourth-order valence-electron chi connectivity index (χ4n) is 1.53. The molecule has 13 heavy (non-hydrogen) atoms. The van der Waals surface area contributed by atoms with Crippen LogP contribution in [-0.4, -0.2) is 27.9 Å². The predicted octanol–water partition coefficient (Wildman–Crippen LogP) is 0.459. The Hall–Kier alpha value is -1.16. The highest BCUT2D eigenvalue weighted by Crippen LogP contribution is 2.18. The van der Waals surface area contributed by atoms with Crippen LogP contribution in [0, 0.1) is 6.92 Å².